The van der Waals surface area contributed by atoms with Gasteiger partial charge in [-0.3, -0.25) is 4.79 Å². The highest BCUT2D eigenvalue weighted by Crippen LogP contribution is 2.11. The Morgan fingerprint density at radius 1 is 1.22 bits per heavy atom. The summed E-state index contributed by atoms with van der Waals surface area (Å²) in [5.74, 6) is -0.664. The molecule has 92 valence electrons. The van der Waals surface area contributed by atoms with Crippen molar-refractivity contribution in [2.24, 2.45) is 0 Å². The Hall–Kier alpha value is -2.43. The van der Waals surface area contributed by atoms with E-state index in [1.54, 1.807) is 12.1 Å². The molecule has 0 atom stereocenters. The van der Waals surface area contributed by atoms with Gasteiger partial charge in [0.25, 0.3) is 0 Å². The van der Waals surface area contributed by atoms with Crippen LogP contribution in [0.1, 0.15) is 5.56 Å². The number of nitrogens with one attached hydrogen (secondary N) is 1. The molecule has 0 bridgehead atoms. The van der Waals surface area contributed by atoms with Crippen molar-refractivity contribution in [1.29, 1.82) is 0 Å². The summed E-state index contributed by atoms with van der Waals surface area (Å²) in [7, 11) is 0. The molecule has 0 radical (unpaired) electrons. The van der Waals surface area contributed by atoms with Crippen LogP contribution >= 0.6 is 0 Å². The summed E-state index contributed by atoms with van der Waals surface area (Å²) >= 11 is 0. The third-order valence-electron chi connectivity index (χ3n) is 2.31. The Morgan fingerprint density at radius 3 is 2.56 bits per heavy atom. The quantitative estimate of drug-likeness (QED) is 0.815. The van der Waals surface area contributed by atoms with Crippen molar-refractivity contribution >= 4 is 11.6 Å². The smallest absolute Gasteiger partial charge is 0.228 e. The highest BCUT2D eigenvalue weighted by atomic mass is 19.1. The molecule has 2 N–H and O–H groups in total. The van der Waals surface area contributed by atoms with Crippen molar-refractivity contribution in [3.63, 3.8) is 0 Å². The maximum Gasteiger partial charge on any atom is 0.228 e. The van der Waals surface area contributed by atoms with Gasteiger partial charge in [-0.15, -0.1) is 0 Å². The monoisotopic (exact) mass is 246 g/mol. The third-order valence-corrected chi connectivity index (χ3v) is 2.31. The zero-order valence-electron chi connectivity index (χ0n) is 9.43. The Balaban J connectivity index is 1.96. The summed E-state index contributed by atoms with van der Waals surface area (Å²) in [6.07, 6.45) is 1.43. The number of benzene rings is 1. The number of nitrogens with zero attached hydrogens (tertiary/aromatic N) is 1. The molecule has 2 aromatic rings. The number of hydrogen-bond acceptors (Lipinski definition) is 3. The number of amides is 1. The van der Waals surface area contributed by atoms with Crippen molar-refractivity contribution in [3.8, 4) is 5.75 Å². The largest absolute Gasteiger partial charge is 0.508 e. The highest BCUT2D eigenvalue weighted by Gasteiger charge is 2.04. The first-order valence-corrected chi connectivity index (χ1v) is 5.33. The summed E-state index contributed by atoms with van der Waals surface area (Å²) < 4.78 is 12.6. The average molecular weight is 246 g/mol. The second-order valence-corrected chi connectivity index (χ2v) is 3.76. The number of carbonyl (C=O) groups excluding carboxylic acids is 1. The molecule has 1 heterocycles. The number of aromatic hydroxyl groups is 1. The predicted octanol–water partition coefficient (Wildman–Crippen LogP) is 2.11. The van der Waals surface area contributed by atoms with Gasteiger partial charge in [-0.2, -0.15) is 4.39 Å². The van der Waals surface area contributed by atoms with Crippen molar-refractivity contribution in [2.75, 3.05) is 5.32 Å². The molecule has 0 aliphatic rings. The highest BCUT2D eigenvalue weighted by molar-refractivity contribution is 5.92. The Bertz CT molecular complexity index is 488. The molecule has 0 fully saturated rings. The van der Waals surface area contributed by atoms with Crippen LogP contribution < -0.4 is 5.32 Å². The number of phenolic OH excluding ortho intramolecular Hbond substituents is 1. The van der Waals surface area contributed by atoms with Gasteiger partial charge in [0, 0.05) is 0 Å². The minimum absolute atomic E-state index is 0.155. The first-order valence-electron chi connectivity index (χ1n) is 5.33. The van der Waals surface area contributed by atoms with E-state index in [2.05, 4.69) is 10.3 Å². The van der Waals surface area contributed by atoms with Gasteiger partial charge < -0.3 is 10.4 Å². The van der Waals surface area contributed by atoms with E-state index in [9.17, 15) is 9.18 Å². The molecular weight excluding hydrogens is 235 g/mol. The third kappa shape index (κ3) is 3.28. The standard InChI is InChI=1S/C13H11FN2O2/c14-12-6-3-10(8-15-12)16-13(18)7-9-1-4-11(17)5-2-9/h1-6,8,17H,7H2,(H,16,18). The van der Waals surface area contributed by atoms with E-state index in [1.165, 1.54) is 30.5 Å². The van der Waals surface area contributed by atoms with Crippen LogP contribution in [0.15, 0.2) is 42.6 Å². The fraction of sp³-hybridized carbons (Fsp3) is 0.0769. The number of aromatic nitrogens is 1. The molecular formula is C13H11FN2O2. The summed E-state index contributed by atoms with van der Waals surface area (Å²) in [6.45, 7) is 0. The number of phenols is 1. The molecule has 0 aliphatic carbocycles. The molecule has 0 unspecified atom stereocenters. The number of carbonyl (C=O) groups is 1. The lowest BCUT2D eigenvalue weighted by Gasteiger charge is -2.04. The number of rotatable bonds is 3. The van der Waals surface area contributed by atoms with Crippen LogP contribution in [0.3, 0.4) is 0 Å². The van der Waals surface area contributed by atoms with Crippen LogP contribution in [0, 0.1) is 5.95 Å². The molecule has 0 saturated carbocycles. The molecule has 0 saturated heterocycles. The Morgan fingerprint density at radius 2 is 1.94 bits per heavy atom. The van der Waals surface area contributed by atoms with Gasteiger partial charge in [0.2, 0.25) is 11.9 Å². The summed E-state index contributed by atoms with van der Waals surface area (Å²) in [4.78, 5) is 15.1. The molecule has 0 spiro atoms. The van der Waals surface area contributed by atoms with Gasteiger partial charge in [-0.25, -0.2) is 4.98 Å². The lowest BCUT2D eigenvalue weighted by Crippen LogP contribution is -2.14. The van der Waals surface area contributed by atoms with E-state index >= 15 is 0 Å². The molecule has 1 aromatic carbocycles. The molecule has 0 aliphatic heterocycles. The maximum absolute atomic E-state index is 12.6. The van der Waals surface area contributed by atoms with Crippen LogP contribution in [-0.2, 0) is 11.2 Å². The Kier molecular flexibility index (Phi) is 3.52. The lowest BCUT2D eigenvalue weighted by atomic mass is 10.1. The predicted molar refractivity (Wildman–Crippen MR) is 64.6 cm³/mol. The minimum Gasteiger partial charge on any atom is -0.508 e. The van der Waals surface area contributed by atoms with Crippen LogP contribution in [0.4, 0.5) is 10.1 Å². The van der Waals surface area contributed by atoms with Crippen LogP contribution in [0.25, 0.3) is 0 Å². The average Bonchev–Trinajstić information content (AvgIpc) is 2.35. The van der Waals surface area contributed by atoms with Crippen molar-refractivity contribution in [3.05, 3.63) is 54.1 Å². The van der Waals surface area contributed by atoms with E-state index in [4.69, 9.17) is 5.11 Å². The fourth-order valence-corrected chi connectivity index (χ4v) is 1.45. The number of halogens is 1. The van der Waals surface area contributed by atoms with Crippen molar-refractivity contribution < 1.29 is 14.3 Å². The second-order valence-electron chi connectivity index (χ2n) is 3.76. The fourth-order valence-electron chi connectivity index (χ4n) is 1.45. The zero-order chi connectivity index (χ0) is 13.0. The van der Waals surface area contributed by atoms with Gasteiger partial charge >= 0.3 is 0 Å². The topological polar surface area (TPSA) is 62.2 Å². The van der Waals surface area contributed by atoms with Crippen LogP contribution in [-0.4, -0.2) is 16.0 Å². The minimum atomic E-state index is -0.591. The van der Waals surface area contributed by atoms with Crippen molar-refractivity contribution in [1.82, 2.24) is 4.98 Å². The van der Waals surface area contributed by atoms with Gasteiger partial charge in [0.05, 0.1) is 18.3 Å². The van der Waals surface area contributed by atoms with E-state index < -0.39 is 5.95 Å². The van der Waals surface area contributed by atoms with Crippen molar-refractivity contribution in [2.45, 2.75) is 6.42 Å². The van der Waals surface area contributed by atoms with E-state index in [0.717, 1.165) is 5.56 Å². The summed E-state index contributed by atoms with van der Waals surface area (Å²) in [5.41, 5.74) is 1.22. The molecule has 5 heteroatoms. The number of hydrogen-bond donors (Lipinski definition) is 2. The molecule has 18 heavy (non-hydrogen) atoms. The van der Waals surface area contributed by atoms with Crippen LogP contribution in [0.5, 0.6) is 5.75 Å². The zero-order valence-corrected chi connectivity index (χ0v) is 9.43. The van der Waals surface area contributed by atoms with E-state index in [-0.39, 0.29) is 18.1 Å². The second kappa shape index (κ2) is 5.27. The molecule has 4 nitrogen and oxygen atoms in total. The van der Waals surface area contributed by atoms with Gasteiger partial charge in [-0.05, 0) is 29.8 Å². The lowest BCUT2D eigenvalue weighted by molar-refractivity contribution is -0.115. The van der Waals surface area contributed by atoms with Crippen LogP contribution in [0.2, 0.25) is 0 Å². The molecule has 1 amide bonds. The van der Waals surface area contributed by atoms with Gasteiger partial charge in [-0.1, -0.05) is 12.1 Å². The maximum atomic E-state index is 12.6. The normalized spacial score (nSPS) is 10.1. The SMILES string of the molecule is O=C(Cc1ccc(O)cc1)Nc1ccc(F)nc1. The summed E-state index contributed by atoms with van der Waals surface area (Å²) in [6, 6.07) is 8.98. The van der Waals surface area contributed by atoms with E-state index in [1.807, 2.05) is 0 Å². The number of anilines is 1. The van der Waals surface area contributed by atoms with Gasteiger partial charge in [0.1, 0.15) is 5.75 Å². The first-order chi connectivity index (χ1) is 8.63. The van der Waals surface area contributed by atoms with Gasteiger partial charge in [0.15, 0.2) is 0 Å². The Labute approximate surface area is 103 Å². The molecule has 2 rings (SSSR count). The molecule has 1 aromatic heterocycles. The number of pyridine rings is 1. The first kappa shape index (κ1) is 12.0. The van der Waals surface area contributed by atoms with E-state index in [0.29, 0.717) is 5.69 Å². The summed E-state index contributed by atoms with van der Waals surface area (Å²) in [5, 5.41) is 11.7.